The van der Waals surface area contributed by atoms with Gasteiger partial charge in [-0.3, -0.25) is 0 Å². The molecule has 0 aromatic carbocycles. The average molecular weight is 280 g/mol. The van der Waals surface area contributed by atoms with Crippen LogP contribution >= 0.6 is 11.3 Å². The molecule has 0 radical (unpaired) electrons. The standard InChI is InChI=1S/C12H19F3N2S/c1-3-16-10(5-4-6-12(13,14)15)7-11-17-9(2)8-18-11/h8,10,16H,3-7H2,1-2H3. The zero-order valence-electron chi connectivity index (χ0n) is 10.7. The van der Waals surface area contributed by atoms with Gasteiger partial charge in [0.05, 0.1) is 5.01 Å². The zero-order valence-corrected chi connectivity index (χ0v) is 11.5. The van der Waals surface area contributed by atoms with Crippen LogP contribution in [0.3, 0.4) is 0 Å². The van der Waals surface area contributed by atoms with Crippen molar-refractivity contribution in [3.05, 3.63) is 16.1 Å². The van der Waals surface area contributed by atoms with Crippen LogP contribution < -0.4 is 5.32 Å². The van der Waals surface area contributed by atoms with Crippen LogP contribution in [0, 0.1) is 6.92 Å². The molecular formula is C12H19F3N2S. The van der Waals surface area contributed by atoms with Crippen molar-refractivity contribution in [3.8, 4) is 0 Å². The lowest BCUT2D eigenvalue weighted by molar-refractivity contribution is -0.135. The Morgan fingerprint density at radius 3 is 2.67 bits per heavy atom. The molecule has 0 bridgehead atoms. The van der Waals surface area contributed by atoms with Gasteiger partial charge < -0.3 is 5.32 Å². The van der Waals surface area contributed by atoms with Gasteiger partial charge in [0.2, 0.25) is 0 Å². The second-order valence-corrected chi connectivity index (χ2v) is 5.29. The van der Waals surface area contributed by atoms with Crippen molar-refractivity contribution in [2.24, 2.45) is 0 Å². The lowest BCUT2D eigenvalue weighted by atomic mass is 10.1. The van der Waals surface area contributed by atoms with Gasteiger partial charge in [-0.1, -0.05) is 6.92 Å². The predicted molar refractivity (Wildman–Crippen MR) is 67.9 cm³/mol. The Kier molecular flexibility index (Phi) is 6.08. The van der Waals surface area contributed by atoms with Gasteiger partial charge in [0, 0.05) is 30.0 Å². The minimum absolute atomic E-state index is 0.0860. The number of likely N-dealkylation sites (N-methyl/N-ethyl adjacent to an activating group) is 1. The summed E-state index contributed by atoms with van der Waals surface area (Å²) in [5.74, 6) is 0. The van der Waals surface area contributed by atoms with E-state index in [1.807, 2.05) is 19.2 Å². The highest BCUT2D eigenvalue weighted by Crippen LogP contribution is 2.23. The summed E-state index contributed by atoms with van der Waals surface area (Å²) in [5.41, 5.74) is 0.973. The number of aryl methyl sites for hydroxylation is 1. The molecule has 0 saturated heterocycles. The van der Waals surface area contributed by atoms with Gasteiger partial charge in [-0.25, -0.2) is 4.98 Å². The number of nitrogens with one attached hydrogen (secondary N) is 1. The number of aromatic nitrogens is 1. The van der Waals surface area contributed by atoms with E-state index in [-0.39, 0.29) is 12.5 Å². The number of halogens is 3. The second-order valence-electron chi connectivity index (χ2n) is 4.35. The van der Waals surface area contributed by atoms with Gasteiger partial charge in [-0.2, -0.15) is 13.2 Å². The van der Waals surface area contributed by atoms with Gasteiger partial charge >= 0.3 is 6.18 Å². The largest absolute Gasteiger partial charge is 0.389 e. The molecule has 1 rings (SSSR count). The van der Waals surface area contributed by atoms with E-state index >= 15 is 0 Å². The maximum absolute atomic E-state index is 12.1. The van der Waals surface area contributed by atoms with E-state index in [9.17, 15) is 13.2 Å². The maximum Gasteiger partial charge on any atom is 0.389 e. The van der Waals surface area contributed by atoms with Crippen LogP contribution in [0.5, 0.6) is 0 Å². The fourth-order valence-electron chi connectivity index (χ4n) is 1.82. The second kappa shape index (κ2) is 7.09. The molecule has 0 aliphatic rings. The maximum atomic E-state index is 12.1. The van der Waals surface area contributed by atoms with Crippen molar-refractivity contribution in [2.45, 2.75) is 51.7 Å². The fourth-order valence-corrected chi connectivity index (χ4v) is 2.67. The monoisotopic (exact) mass is 280 g/mol. The highest BCUT2D eigenvalue weighted by Gasteiger charge is 2.26. The van der Waals surface area contributed by atoms with E-state index < -0.39 is 12.6 Å². The van der Waals surface area contributed by atoms with Crippen LogP contribution in [0.4, 0.5) is 13.2 Å². The molecule has 6 heteroatoms. The minimum Gasteiger partial charge on any atom is -0.314 e. The first-order valence-corrected chi connectivity index (χ1v) is 7.00. The molecule has 104 valence electrons. The molecular weight excluding hydrogens is 261 g/mol. The Bertz CT molecular complexity index is 349. The van der Waals surface area contributed by atoms with Gasteiger partial charge in [0.1, 0.15) is 0 Å². The van der Waals surface area contributed by atoms with E-state index in [1.165, 1.54) is 0 Å². The minimum atomic E-state index is -4.05. The highest BCUT2D eigenvalue weighted by atomic mass is 32.1. The molecule has 0 amide bonds. The molecule has 0 aliphatic carbocycles. The first-order valence-electron chi connectivity index (χ1n) is 6.12. The summed E-state index contributed by atoms with van der Waals surface area (Å²) in [4.78, 5) is 4.35. The van der Waals surface area contributed by atoms with Gasteiger partial charge in [-0.15, -0.1) is 11.3 Å². The molecule has 1 heterocycles. The van der Waals surface area contributed by atoms with Crippen LogP contribution in [0.15, 0.2) is 5.38 Å². The van der Waals surface area contributed by atoms with Crippen LogP contribution in [0.25, 0.3) is 0 Å². The third-order valence-electron chi connectivity index (χ3n) is 2.59. The molecule has 0 saturated carbocycles. The quantitative estimate of drug-likeness (QED) is 0.823. The molecule has 1 atom stereocenters. The van der Waals surface area contributed by atoms with E-state index in [0.29, 0.717) is 12.8 Å². The van der Waals surface area contributed by atoms with Crippen molar-refractivity contribution in [1.82, 2.24) is 10.3 Å². The van der Waals surface area contributed by atoms with Gasteiger partial charge in [0.15, 0.2) is 0 Å². The number of alkyl halides is 3. The third kappa shape index (κ3) is 6.35. The van der Waals surface area contributed by atoms with E-state index in [2.05, 4.69) is 10.3 Å². The summed E-state index contributed by atoms with van der Waals surface area (Å²) in [5, 5.41) is 6.18. The van der Waals surface area contributed by atoms with E-state index in [4.69, 9.17) is 0 Å². The van der Waals surface area contributed by atoms with E-state index in [1.54, 1.807) is 11.3 Å². The van der Waals surface area contributed by atoms with Crippen molar-refractivity contribution < 1.29 is 13.2 Å². The Morgan fingerprint density at radius 2 is 2.17 bits per heavy atom. The van der Waals surface area contributed by atoms with Gasteiger partial charge in [-0.05, 0) is 26.3 Å². The Balaban J connectivity index is 2.40. The average Bonchev–Trinajstić information content (AvgIpc) is 2.62. The first-order chi connectivity index (χ1) is 8.40. The molecule has 1 aromatic rings. The normalized spacial score (nSPS) is 13.8. The topological polar surface area (TPSA) is 24.9 Å². The molecule has 2 nitrogen and oxygen atoms in total. The summed E-state index contributed by atoms with van der Waals surface area (Å²) in [6, 6.07) is 0.0860. The van der Waals surface area contributed by atoms with E-state index in [0.717, 1.165) is 17.2 Å². The summed E-state index contributed by atoms with van der Waals surface area (Å²) >= 11 is 1.57. The molecule has 0 fully saturated rings. The molecule has 1 aromatic heterocycles. The zero-order chi connectivity index (χ0) is 13.6. The van der Waals surface area contributed by atoms with Crippen LogP contribution in [-0.4, -0.2) is 23.7 Å². The van der Waals surface area contributed by atoms with Crippen molar-refractivity contribution >= 4 is 11.3 Å². The Hall–Kier alpha value is -0.620. The number of thiazole rings is 1. The number of rotatable bonds is 7. The lowest BCUT2D eigenvalue weighted by Crippen LogP contribution is -2.31. The van der Waals surface area contributed by atoms with Crippen LogP contribution in [-0.2, 0) is 6.42 Å². The predicted octanol–water partition coefficient (Wildman–Crippen LogP) is 3.70. The third-order valence-corrected chi connectivity index (χ3v) is 3.58. The molecule has 1 N–H and O–H groups in total. The smallest absolute Gasteiger partial charge is 0.314 e. The summed E-state index contributed by atoms with van der Waals surface area (Å²) in [6.45, 7) is 4.65. The molecule has 18 heavy (non-hydrogen) atoms. The number of hydrogen-bond acceptors (Lipinski definition) is 3. The van der Waals surface area contributed by atoms with Gasteiger partial charge in [0.25, 0.3) is 0 Å². The summed E-state index contributed by atoms with van der Waals surface area (Å²) in [7, 11) is 0. The fraction of sp³-hybridized carbons (Fsp3) is 0.750. The van der Waals surface area contributed by atoms with Crippen molar-refractivity contribution in [3.63, 3.8) is 0 Å². The SMILES string of the molecule is CCNC(CCCC(F)(F)F)Cc1nc(C)cs1. The number of hydrogen-bond donors (Lipinski definition) is 1. The van der Waals surface area contributed by atoms with Crippen molar-refractivity contribution in [1.29, 1.82) is 0 Å². The highest BCUT2D eigenvalue weighted by molar-refractivity contribution is 7.09. The van der Waals surface area contributed by atoms with Crippen LogP contribution in [0.1, 0.15) is 36.9 Å². The summed E-state index contributed by atoms with van der Waals surface area (Å²) < 4.78 is 36.3. The molecule has 0 spiro atoms. The summed E-state index contributed by atoms with van der Waals surface area (Å²) in [6.07, 6.45) is -3.33. The molecule has 1 unspecified atom stereocenters. The van der Waals surface area contributed by atoms with Crippen LogP contribution in [0.2, 0.25) is 0 Å². The molecule has 0 aliphatic heterocycles. The Labute approximate surface area is 110 Å². The first kappa shape index (κ1) is 15.4. The lowest BCUT2D eigenvalue weighted by Gasteiger charge is -2.17. The van der Waals surface area contributed by atoms with Crippen molar-refractivity contribution in [2.75, 3.05) is 6.54 Å². The number of nitrogens with zero attached hydrogens (tertiary/aromatic N) is 1. The Morgan fingerprint density at radius 1 is 1.44 bits per heavy atom.